The van der Waals surface area contributed by atoms with Crippen LogP contribution in [0.25, 0.3) is 0 Å². The first-order chi connectivity index (χ1) is 13.5. The molecule has 0 aromatic heterocycles. The minimum atomic E-state index is -0.0654. The standard InChI is InChI=1S/C19H32N4O4S/c1-13(24)6-4-10-20-17(26)9-5-11-21-16(25)8-3-2-7-15-18-14(12-28-15)22-19(27)23-18/h14-15,18H,2-12H2,1H3,(H,20,26)(H,21,25)(H2,22,23,27)/t14-,15-,18-/m0/s1. The summed E-state index contributed by atoms with van der Waals surface area (Å²) in [5, 5.41) is 12.0. The van der Waals surface area contributed by atoms with E-state index in [0.717, 1.165) is 25.0 Å². The Bertz CT molecular complexity index is 572. The lowest BCUT2D eigenvalue weighted by Gasteiger charge is -2.16. The highest BCUT2D eigenvalue weighted by Crippen LogP contribution is 2.33. The number of rotatable bonds is 13. The van der Waals surface area contributed by atoms with Gasteiger partial charge in [-0.3, -0.25) is 9.59 Å². The smallest absolute Gasteiger partial charge is 0.315 e. The number of fused-ring (bicyclic) bond motifs is 1. The molecule has 0 radical (unpaired) electrons. The zero-order chi connectivity index (χ0) is 20.4. The molecule has 0 aromatic carbocycles. The van der Waals surface area contributed by atoms with Gasteiger partial charge in [-0.15, -0.1) is 0 Å². The van der Waals surface area contributed by atoms with Crippen LogP contribution in [0.1, 0.15) is 58.3 Å². The van der Waals surface area contributed by atoms with Crippen molar-refractivity contribution in [3.05, 3.63) is 0 Å². The summed E-state index contributed by atoms with van der Waals surface area (Å²) in [6.45, 7) is 2.56. The van der Waals surface area contributed by atoms with Crippen LogP contribution in [0.3, 0.4) is 0 Å². The highest BCUT2D eigenvalue weighted by atomic mass is 32.2. The minimum absolute atomic E-state index is 0.0228. The Morgan fingerprint density at radius 3 is 2.29 bits per heavy atom. The number of urea groups is 1. The highest BCUT2D eigenvalue weighted by molar-refractivity contribution is 8.00. The molecule has 0 spiro atoms. The van der Waals surface area contributed by atoms with Gasteiger partial charge in [-0.05, 0) is 32.6 Å². The molecule has 0 aromatic rings. The van der Waals surface area contributed by atoms with Crippen LogP contribution in [0.2, 0.25) is 0 Å². The van der Waals surface area contributed by atoms with Crippen molar-refractivity contribution >= 4 is 35.4 Å². The quantitative estimate of drug-likeness (QED) is 0.267. The van der Waals surface area contributed by atoms with Crippen LogP contribution < -0.4 is 21.3 Å². The first kappa shape index (κ1) is 22.5. The molecule has 2 saturated heterocycles. The number of Topliss-reactive ketones (excluding diaryl/α,β-unsaturated/α-hetero) is 1. The summed E-state index contributed by atoms with van der Waals surface area (Å²) < 4.78 is 0. The van der Waals surface area contributed by atoms with Crippen molar-refractivity contribution in [2.24, 2.45) is 0 Å². The minimum Gasteiger partial charge on any atom is -0.356 e. The number of carbonyl (C=O) groups excluding carboxylic acids is 4. The van der Waals surface area contributed by atoms with Crippen LogP contribution in [0.4, 0.5) is 4.79 Å². The van der Waals surface area contributed by atoms with Gasteiger partial charge in [0, 0.05) is 43.4 Å². The Morgan fingerprint density at radius 1 is 0.964 bits per heavy atom. The number of thioether (sulfide) groups is 1. The third-order valence-corrected chi connectivity index (χ3v) is 6.52. The molecule has 2 rings (SSSR count). The van der Waals surface area contributed by atoms with Crippen molar-refractivity contribution in [2.75, 3.05) is 18.8 Å². The lowest BCUT2D eigenvalue weighted by Crippen LogP contribution is -2.36. The van der Waals surface area contributed by atoms with Gasteiger partial charge >= 0.3 is 6.03 Å². The number of carbonyl (C=O) groups is 4. The fraction of sp³-hybridized carbons (Fsp3) is 0.789. The Labute approximate surface area is 170 Å². The molecule has 8 nitrogen and oxygen atoms in total. The fourth-order valence-electron chi connectivity index (χ4n) is 3.49. The predicted octanol–water partition coefficient (Wildman–Crippen LogP) is 1.09. The Kier molecular flexibility index (Phi) is 9.60. The van der Waals surface area contributed by atoms with Crippen molar-refractivity contribution in [3.63, 3.8) is 0 Å². The molecule has 2 aliphatic heterocycles. The maximum absolute atomic E-state index is 11.9. The van der Waals surface area contributed by atoms with E-state index in [2.05, 4.69) is 21.3 Å². The molecule has 0 saturated carbocycles. The van der Waals surface area contributed by atoms with Gasteiger partial charge in [-0.25, -0.2) is 4.79 Å². The molecule has 28 heavy (non-hydrogen) atoms. The molecule has 0 aliphatic carbocycles. The van der Waals surface area contributed by atoms with Crippen LogP contribution in [0.15, 0.2) is 0 Å². The van der Waals surface area contributed by atoms with Crippen LogP contribution in [-0.2, 0) is 14.4 Å². The fourth-order valence-corrected chi connectivity index (χ4v) is 5.04. The predicted molar refractivity (Wildman–Crippen MR) is 109 cm³/mol. The normalized spacial score (nSPS) is 22.9. The third kappa shape index (κ3) is 8.08. The van der Waals surface area contributed by atoms with E-state index in [-0.39, 0.29) is 35.7 Å². The first-order valence-corrected chi connectivity index (χ1v) is 11.2. The second kappa shape index (κ2) is 11.9. The molecular formula is C19H32N4O4S. The van der Waals surface area contributed by atoms with Gasteiger partial charge < -0.3 is 26.1 Å². The van der Waals surface area contributed by atoms with Crippen LogP contribution >= 0.6 is 11.8 Å². The van der Waals surface area contributed by atoms with Crippen LogP contribution in [0, 0.1) is 0 Å². The zero-order valence-corrected chi connectivity index (χ0v) is 17.4. The van der Waals surface area contributed by atoms with E-state index in [4.69, 9.17) is 0 Å². The number of amides is 4. The number of hydrogen-bond acceptors (Lipinski definition) is 5. The van der Waals surface area contributed by atoms with E-state index in [1.807, 2.05) is 11.8 Å². The Morgan fingerprint density at radius 2 is 1.61 bits per heavy atom. The van der Waals surface area contributed by atoms with Gasteiger partial charge in [0.1, 0.15) is 5.78 Å². The van der Waals surface area contributed by atoms with Crippen LogP contribution in [-0.4, -0.2) is 59.8 Å². The van der Waals surface area contributed by atoms with E-state index in [1.165, 1.54) is 0 Å². The SMILES string of the molecule is CC(=O)CCCNC(=O)CCCNC(=O)CCCC[C@@H]1SC[C@@H]2NC(=O)N[C@@H]21. The lowest BCUT2D eigenvalue weighted by atomic mass is 10.0. The number of ketones is 1. The van der Waals surface area contributed by atoms with Crippen molar-refractivity contribution in [2.45, 2.75) is 75.6 Å². The van der Waals surface area contributed by atoms with E-state index >= 15 is 0 Å². The molecule has 4 N–H and O–H groups in total. The number of unbranched alkanes of at least 4 members (excludes halogenated alkanes) is 1. The summed E-state index contributed by atoms with van der Waals surface area (Å²) >= 11 is 1.89. The molecule has 0 unspecified atom stereocenters. The van der Waals surface area contributed by atoms with E-state index < -0.39 is 0 Å². The molecule has 4 amide bonds. The Hall–Kier alpha value is -1.77. The molecule has 2 aliphatic rings. The third-order valence-electron chi connectivity index (χ3n) is 5.01. The van der Waals surface area contributed by atoms with Crippen molar-refractivity contribution in [1.82, 2.24) is 21.3 Å². The maximum Gasteiger partial charge on any atom is 0.315 e. The molecule has 9 heteroatoms. The van der Waals surface area contributed by atoms with Crippen LogP contribution in [0.5, 0.6) is 0 Å². The van der Waals surface area contributed by atoms with Gasteiger partial charge in [-0.1, -0.05) is 6.42 Å². The van der Waals surface area contributed by atoms with Gasteiger partial charge in [-0.2, -0.15) is 11.8 Å². The van der Waals surface area contributed by atoms with Crippen molar-refractivity contribution in [1.29, 1.82) is 0 Å². The summed E-state index contributed by atoms with van der Waals surface area (Å²) in [6.07, 6.45) is 5.44. The van der Waals surface area contributed by atoms with Crippen molar-refractivity contribution in [3.8, 4) is 0 Å². The van der Waals surface area contributed by atoms with Gasteiger partial charge in [0.25, 0.3) is 0 Å². The first-order valence-electron chi connectivity index (χ1n) is 10.2. The molecule has 2 fully saturated rings. The van der Waals surface area contributed by atoms with Gasteiger partial charge in [0.2, 0.25) is 11.8 Å². The second-order valence-corrected chi connectivity index (χ2v) is 8.75. The van der Waals surface area contributed by atoms with Gasteiger partial charge in [0.05, 0.1) is 12.1 Å². The largest absolute Gasteiger partial charge is 0.356 e. The summed E-state index contributed by atoms with van der Waals surface area (Å²) in [5.74, 6) is 1.07. The topological polar surface area (TPSA) is 116 Å². The molecule has 158 valence electrons. The lowest BCUT2D eigenvalue weighted by molar-refractivity contribution is -0.123. The average molecular weight is 413 g/mol. The monoisotopic (exact) mass is 412 g/mol. The molecule has 0 bridgehead atoms. The second-order valence-electron chi connectivity index (χ2n) is 7.48. The number of nitrogens with one attached hydrogen (secondary N) is 4. The van der Waals surface area contributed by atoms with Gasteiger partial charge in [0.15, 0.2) is 0 Å². The molecule has 3 atom stereocenters. The van der Waals surface area contributed by atoms with E-state index in [0.29, 0.717) is 50.4 Å². The summed E-state index contributed by atoms with van der Waals surface area (Å²) in [5.41, 5.74) is 0. The summed E-state index contributed by atoms with van der Waals surface area (Å²) in [4.78, 5) is 45.7. The summed E-state index contributed by atoms with van der Waals surface area (Å²) in [6, 6.07) is 0.404. The highest BCUT2D eigenvalue weighted by Gasteiger charge is 2.42. The average Bonchev–Trinajstić information content (AvgIpc) is 3.18. The maximum atomic E-state index is 11.9. The molecular weight excluding hydrogens is 380 g/mol. The van der Waals surface area contributed by atoms with Crippen molar-refractivity contribution < 1.29 is 19.2 Å². The summed E-state index contributed by atoms with van der Waals surface area (Å²) in [7, 11) is 0. The van der Waals surface area contributed by atoms with E-state index in [1.54, 1.807) is 6.92 Å². The Balaban J connectivity index is 1.42. The molecule has 2 heterocycles. The number of hydrogen-bond donors (Lipinski definition) is 4. The zero-order valence-electron chi connectivity index (χ0n) is 16.6. The van der Waals surface area contributed by atoms with E-state index in [9.17, 15) is 19.2 Å².